The van der Waals surface area contributed by atoms with Gasteiger partial charge in [-0.1, -0.05) is 60.7 Å². The van der Waals surface area contributed by atoms with Gasteiger partial charge in [0.05, 0.1) is 24.0 Å². The first kappa shape index (κ1) is 28.5. The molecule has 2 heterocycles. The van der Waals surface area contributed by atoms with Gasteiger partial charge >= 0.3 is 24.1 Å². The van der Waals surface area contributed by atoms with Crippen molar-refractivity contribution in [1.29, 1.82) is 0 Å². The van der Waals surface area contributed by atoms with Gasteiger partial charge in [0.2, 0.25) is 0 Å². The standard InChI is InChI=1S/C28H28N6O7/c35-25(23(31-27(37)38)11-21-15-33(17-29-21)13-19-7-3-1-4-8-19)41-26(36)24(32-28(39)40)12-22-16-34(18-30-22)14-20-9-5-2-6-10-20/h1-10,15-18,23-24,31-32H,11-14H2,(H,37,38)(H,39,40)/t23-,24-/m0/s1. The summed E-state index contributed by atoms with van der Waals surface area (Å²) in [5.41, 5.74) is 2.80. The fourth-order valence-corrected chi connectivity index (χ4v) is 4.13. The molecule has 0 spiro atoms. The zero-order valence-corrected chi connectivity index (χ0v) is 21.8. The van der Waals surface area contributed by atoms with Crippen LogP contribution in [0.1, 0.15) is 22.5 Å². The van der Waals surface area contributed by atoms with Crippen LogP contribution >= 0.6 is 0 Å². The van der Waals surface area contributed by atoms with E-state index >= 15 is 0 Å². The van der Waals surface area contributed by atoms with Crippen molar-refractivity contribution in [1.82, 2.24) is 29.7 Å². The molecule has 0 saturated heterocycles. The highest BCUT2D eigenvalue weighted by Crippen LogP contribution is 2.10. The van der Waals surface area contributed by atoms with Crippen LogP contribution in [0.2, 0.25) is 0 Å². The van der Waals surface area contributed by atoms with Gasteiger partial charge < -0.3 is 34.7 Å². The molecule has 0 aliphatic rings. The first-order chi connectivity index (χ1) is 19.7. The minimum atomic E-state index is -1.51. The molecule has 13 nitrogen and oxygen atoms in total. The number of carbonyl (C=O) groups excluding carboxylic acids is 2. The van der Waals surface area contributed by atoms with Crippen molar-refractivity contribution in [2.45, 2.75) is 38.0 Å². The van der Waals surface area contributed by atoms with Gasteiger partial charge in [-0.15, -0.1) is 0 Å². The van der Waals surface area contributed by atoms with E-state index in [0.29, 0.717) is 24.5 Å². The Bertz CT molecular complexity index is 1370. The van der Waals surface area contributed by atoms with Gasteiger partial charge in [0.15, 0.2) is 0 Å². The number of ether oxygens (including phenoxy) is 1. The summed E-state index contributed by atoms with van der Waals surface area (Å²) in [6, 6.07) is 16.2. The molecule has 0 saturated carbocycles. The Morgan fingerprint density at radius 3 is 1.44 bits per heavy atom. The predicted octanol–water partition coefficient (Wildman–Crippen LogP) is 2.30. The molecule has 0 bridgehead atoms. The smallest absolute Gasteiger partial charge is 0.405 e. The van der Waals surface area contributed by atoms with Crippen LogP contribution in [0.4, 0.5) is 9.59 Å². The number of benzene rings is 2. The quantitative estimate of drug-likeness (QED) is 0.149. The number of esters is 2. The zero-order valence-electron chi connectivity index (χ0n) is 21.8. The maximum atomic E-state index is 12.8. The molecule has 4 rings (SSSR count). The Balaban J connectivity index is 1.40. The summed E-state index contributed by atoms with van der Waals surface area (Å²) < 4.78 is 8.46. The summed E-state index contributed by atoms with van der Waals surface area (Å²) in [4.78, 5) is 56.8. The second-order valence-corrected chi connectivity index (χ2v) is 9.20. The van der Waals surface area contributed by atoms with Gasteiger partial charge in [0, 0.05) is 38.3 Å². The number of carboxylic acid groups (broad SMARTS) is 2. The number of nitrogens with one attached hydrogen (secondary N) is 2. The maximum absolute atomic E-state index is 12.8. The van der Waals surface area contributed by atoms with E-state index in [-0.39, 0.29) is 12.8 Å². The van der Waals surface area contributed by atoms with Crippen molar-refractivity contribution in [2.24, 2.45) is 0 Å². The SMILES string of the molecule is O=C(O)N[C@@H](Cc1cn(Cc2ccccc2)cn1)C(=O)OC(=O)[C@H](Cc1cn(Cc2ccccc2)cn1)NC(=O)O. The van der Waals surface area contributed by atoms with Gasteiger partial charge in [-0.25, -0.2) is 29.1 Å². The van der Waals surface area contributed by atoms with E-state index in [2.05, 4.69) is 9.97 Å². The molecule has 2 amide bonds. The largest absolute Gasteiger partial charge is 0.465 e. The molecule has 212 valence electrons. The number of hydrogen-bond acceptors (Lipinski definition) is 7. The summed E-state index contributed by atoms with van der Waals surface area (Å²) in [6.45, 7) is 1.02. The first-order valence-electron chi connectivity index (χ1n) is 12.6. The van der Waals surface area contributed by atoms with E-state index in [9.17, 15) is 29.4 Å². The van der Waals surface area contributed by atoms with Crippen LogP contribution in [0.15, 0.2) is 85.7 Å². The van der Waals surface area contributed by atoms with Gasteiger partial charge in [0.1, 0.15) is 12.1 Å². The summed E-state index contributed by atoms with van der Waals surface area (Å²) in [5.74, 6) is -2.39. The van der Waals surface area contributed by atoms with Gasteiger partial charge in [-0.2, -0.15) is 0 Å². The third-order valence-corrected chi connectivity index (χ3v) is 5.98. The number of nitrogens with zero attached hydrogens (tertiary/aromatic N) is 4. The molecule has 41 heavy (non-hydrogen) atoms. The minimum Gasteiger partial charge on any atom is -0.465 e. The van der Waals surface area contributed by atoms with Crippen molar-refractivity contribution < 1.29 is 34.1 Å². The highest BCUT2D eigenvalue weighted by Gasteiger charge is 2.31. The highest BCUT2D eigenvalue weighted by molar-refractivity contribution is 5.93. The lowest BCUT2D eigenvalue weighted by molar-refractivity contribution is -0.162. The lowest BCUT2D eigenvalue weighted by Crippen LogP contribution is -2.48. The molecule has 2 aromatic carbocycles. The minimum absolute atomic E-state index is 0.193. The second-order valence-electron chi connectivity index (χ2n) is 9.20. The molecule has 13 heteroatoms. The molecule has 4 aromatic rings. The predicted molar refractivity (Wildman–Crippen MR) is 144 cm³/mol. The number of carbonyl (C=O) groups is 4. The third-order valence-electron chi connectivity index (χ3n) is 5.98. The van der Waals surface area contributed by atoms with Gasteiger partial charge in [0.25, 0.3) is 0 Å². The summed E-state index contributed by atoms with van der Waals surface area (Å²) in [6.07, 6.45) is 2.99. The molecular weight excluding hydrogens is 532 g/mol. The van der Waals surface area contributed by atoms with Gasteiger partial charge in [-0.3, -0.25) is 0 Å². The van der Waals surface area contributed by atoms with Crippen LogP contribution in [0, 0.1) is 0 Å². The Morgan fingerprint density at radius 2 is 1.07 bits per heavy atom. The summed E-state index contributed by atoms with van der Waals surface area (Å²) in [5, 5.41) is 22.6. The molecule has 0 aliphatic heterocycles. The molecule has 0 unspecified atom stereocenters. The molecular formula is C28H28N6O7. The van der Waals surface area contributed by atoms with Crippen LogP contribution in [0.3, 0.4) is 0 Å². The van der Waals surface area contributed by atoms with E-state index in [4.69, 9.17) is 4.74 Å². The number of amides is 2. The van der Waals surface area contributed by atoms with Crippen molar-refractivity contribution in [3.8, 4) is 0 Å². The Hall–Kier alpha value is -5.46. The molecule has 0 fully saturated rings. The maximum Gasteiger partial charge on any atom is 0.405 e. The average molecular weight is 561 g/mol. The van der Waals surface area contributed by atoms with E-state index in [1.165, 1.54) is 0 Å². The topological polar surface area (TPSA) is 178 Å². The van der Waals surface area contributed by atoms with Crippen LogP contribution < -0.4 is 10.6 Å². The Kier molecular flexibility index (Phi) is 9.44. The molecule has 0 radical (unpaired) electrons. The first-order valence-corrected chi connectivity index (χ1v) is 12.6. The van der Waals surface area contributed by atoms with E-state index < -0.39 is 36.2 Å². The van der Waals surface area contributed by atoms with Crippen molar-refractivity contribution in [3.05, 3.63) is 108 Å². The number of rotatable bonds is 12. The lowest BCUT2D eigenvalue weighted by Gasteiger charge is -2.17. The number of aromatic nitrogens is 4. The number of hydrogen-bond donors (Lipinski definition) is 4. The normalized spacial score (nSPS) is 12.2. The van der Waals surface area contributed by atoms with Crippen LogP contribution in [0.25, 0.3) is 0 Å². The van der Waals surface area contributed by atoms with E-state index in [1.54, 1.807) is 34.2 Å². The highest BCUT2D eigenvalue weighted by atomic mass is 16.6. The van der Waals surface area contributed by atoms with Crippen molar-refractivity contribution in [3.63, 3.8) is 0 Å². The fraction of sp³-hybridized carbons (Fsp3) is 0.214. The van der Waals surface area contributed by atoms with Gasteiger partial charge in [-0.05, 0) is 11.1 Å². The monoisotopic (exact) mass is 560 g/mol. The molecule has 4 N–H and O–H groups in total. The molecule has 2 atom stereocenters. The second kappa shape index (κ2) is 13.6. The van der Waals surface area contributed by atoms with E-state index in [1.807, 2.05) is 71.3 Å². The number of imidazole rings is 2. The van der Waals surface area contributed by atoms with E-state index in [0.717, 1.165) is 11.1 Å². The zero-order chi connectivity index (χ0) is 29.2. The Labute approximate surface area is 234 Å². The lowest BCUT2D eigenvalue weighted by atomic mass is 10.1. The summed E-state index contributed by atoms with van der Waals surface area (Å²) >= 11 is 0. The van der Waals surface area contributed by atoms with Crippen LogP contribution in [0.5, 0.6) is 0 Å². The summed E-state index contributed by atoms with van der Waals surface area (Å²) in [7, 11) is 0. The van der Waals surface area contributed by atoms with Crippen molar-refractivity contribution in [2.75, 3.05) is 0 Å². The van der Waals surface area contributed by atoms with Crippen molar-refractivity contribution >= 4 is 24.1 Å². The third kappa shape index (κ3) is 8.78. The fourth-order valence-electron chi connectivity index (χ4n) is 4.13. The van der Waals surface area contributed by atoms with Crippen LogP contribution in [-0.4, -0.2) is 65.5 Å². The average Bonchev–Trinajstić information content (AvgIpc) is 3.57. The Morgan fingerprint density at radius 1 is 0.683 bits per heavy atom. The molecule has 2 aromatic heterocycles. The van der Waals surface area contributed by atoms with Crippen LogP contribution in [-0.2, 0) is 40.3 Å². The molecule has 0 aliphatic carbocycles.